The third kappa shape index (κ3) is 7.29. The minimum atomic E-state index is -0.479. The zero-order valence-electron chi connectivity index (χ0n) is 21.6. The molecule has 7 nitrogen and oxygen atoms in total. The molecule has 0 bridgehead atoms. The van der Waals surface area contributed by atoms with Gasteiger partial charge in [0.1, 0.15) is 0 Å². The van der Waals surface area contributed by atoms with Crippen molar-refractivity contribution in [3.63, 3.8) is 0 Å². The molecule has 0 unspecified atom stereocenters. The number of nitrogens with zero attached hydrogens (tertiary/aromatic N) is 3. The SMILES string of the molecule is CC(C)(C)NC(=O)c1nn(-c2ccc(C#CCN3CCOCC3)cc2Cl)c(-c2ccc(Cl)cc2)c1CO.Cl. The van der Waals surface area contributed by atoms with E-state index in [0.29, 0.717) is 33.5 Å². The number of hydrogen-bond donors (Lipinski definition) is 2. The van der Waals surface area contributed by atoms with Crippen molar-refractivity contribution in [1.29, 1.82) is 0 Å². The van der Waals surface area contributed by atoms with Gasteiger partial charge in [-0.15, -0.1) is 12.4 Å². The maximum absolute atomic E-state index is 13.1. The normalized spacial score (nSPS) is 13.8. The van der Waals surface area contributed by atoms with Gasteiger partial charge in [-0.2, -0.15) is 5.10 Å². The molecule has 0 saturated carbocycles. The lowest BCUT2D eigenvalue weighted by molar-refractivity contribution is 0.0443. The molecule has 0 radical (unpaired) electrons. The van der Waals surface area contributed by atoms with Crippen LogP contribution in [0.15, 0.2) is 42.5 Å². The zero-order valence-corrected chi connectivity index (χ0v) is 23.9. The summed E-state index contributed by atoms with van der Waals surface area (Å²) in [5.41, 5.74) is 2.69. The van der Waals surface area contributed by atoms with Crippen LogP contribution in [-0.2, 0) is 11.3 Å². The van der Waals surface area contributed by atoms with Crippen molar-refractivity contribution in [2.75, 3.05) is 32.8 Å². The van der Waals surface area contributed by atoms with Gasteiger partial charge in [0.25, 0.3) is 5.91 Å². The van der Waals surface area contributed by atoms with Crippen LogP contribution >= 0.6 is 35.6 Å². The van der Waals surface area contributed by atoms with Crippen LogP contribution in [0.3, 0.4) is 0 Å². The van der Waals surface area contributed by atoms with Gasteiger partial charge in [0.05, 0.1) is 42.8 Å². The maximum Gasteiger partial charge on any atom is 0.272 e. The van der Waals surface area contributed by atoms with Crippen molar-refractivity contribution < 1.29 is 14.6 Å². The first kappa shape index (κ1) is 30.0. The molecule has 1 saturated heterocycles. The standard InChI is InChI=1S/C28H30Cl2N4O3.ClH/c1-28(2,3)31-27(36)25-22(18-35)26(20-7-9-21(29)10-8-20)34(32-25)24-11-6-19(17-23(24)30)5-4-12-33-13-15-37-16-14-33;/h6-11,17,35H,12-16,18H2,1-3H3,(H,31,36);1H. The van der Waals surface area contributed by atoms with E-state index >= 15 is 0 Å². The Balaban J connectivity index is 0.00000400. The van der Waals surface area contributed by atoms with E-state index in [1.165, 1.54) is 0 Å². The summed E-state index contributed by atoms with van der Waals surface area (Å²) < 4.78 is 6.97. The molecule has 1 aliphatic heterocycles. The van der Waals surface area contributed by atoms with Gasteiger partial charge in [0.2, 0.25) is 0 Å². The van der Waals surface area contributed by atoms with Crippen molar-refractivity contribution in [2.24, 2.45) is 0 Å². The van der Waals surface area contributed by atoms with E-state index in [1.807, 2.05) is 45.0 Å². The average Bonchev–Trinajstić information content (AvgIpc) is 3.24. The molecule has 2 heterocycles. The lowest BCUT2D eigenvalue weighted by Gasteiger charge is -2.24. The van der Waals surface area contributed by atoms with Gasteiger partial charge in [-0.1, -0.05) is 47.2 Å². The fourth-order valence-electron chi connectivity index (χ4n) is 4.03. The van der Waals surface area contributed by atoms with E-state index in [0.717, 1.165) is 37.4 Å². The quantitative estimate of drug-likeness (QED) is 0.419. The monoisotopic (exact) mass is 576 g/mol. The second-order valence-electron chi connectivity index (χ2n) is 9.81. The number of aliphatic hydroxyl groups is 1. The number of hydrogen-bond acceptors (Lipinski definition) is 5. The van der Waals surface area contributed by atoms with Crippen molar-refractivity contribution in [3.8, 4) is 28.8 Å². The summed E-state index contributed by atoms with van der Waals surface area (Å²) in [4.78, 5) is 15.4. The van der Waals surface area contributed by atoms with Gasteiger partial charge in [-0.25, -0.2) is 4.68 Å². The topological polar surface area (TPSA) is 79.6 Å². The van der Waals surface area contributed by atoms with E-state index in [2.05, 4.69) is 27.2 Å². The molecule has 1 amide bonds. The Bertz CT molecular complexity index is 1330. The molecule has 1 aliphatic rings. The van der Waals surface area contributed by atoms with Gasteiger partial charge in [-0.05, 0) is 51.1 Å². The highest BCUT2D eigenvalue weighted by molar-refractivity contribution is 6.32. The fourth-order valence-corrected chi connectivity index (χ4v) is 4.42. The van der Waals surface area contributed by atoms with Crippen molar-refractivity contribution in [1.82, 2.24) is 20.0 Å². The Morgan fingerprint density at radius 1 is 1.13 bits per heavy atom. The molecular weight excluding hydrogens is 547 g/mol. The molecule has 1 aromatic heterocycles. The minimum absolute atomic E-state index is 0. The highest BCUT2D eigenvalue weighted by Crippen LogP contribution is 2.33. The molecule has 0 atom stereocenters. The van der Waals surface area contributed by atoms with Crippen molar-refractivity contribution in [3.05, 3.63) is 69.3 Å². The smallest absolute Gasteiger partial charge is 0.272 e. The second kappa shape index (κ2) is 13.0. The van der Waals surface area contributed by atoms with Gasteiger partial charge < -0.3 is 15.2 Å². The fraction of sp³-hybridized carbons (Fsp3) is 0.357. The van der Waals surface area contributed by atoms with E-state index in [-0.39, 0.29) is 30.6 Å². The van der Waals surface area contributed by atoms with Gasteiger partial charge in [-0.3, -0.25) is 9.69 Å². The zero-order chi connectivity index (χ0) is 26.6. The number of carbonyl (C=O) groups is 1. The molecular formula is C28H31Cl3N4O3. The summed E-state index contributed by atoms with van der Waals surface area (Å²) in [5.74, 6) is 5.99. The Labute approximate surface area is 239 Å². The lowest BCUT2D eigenvalue weighted by Crippen LogP contribution is -2.41. The largest absolute Gasteiger partial charge is 0.392 e. The Hall–Kier alpha value is -2.57. The van der Waals surface area contributed by atoms with Crippen molar-refractivity contribution >= 4 is 41.5 Å². The average molecular weight is 578 g/mol. The van der Waals surface area contributed by atoms with Crippen LogP contribution in [-0.4, -0.2) is 64.1 Å². The number of nitrogens with one attached hydrogen (secondary N) is 1. The molecule has 2 aromatic carbocycles. The molecule has 202 valence electrons. The number of rotatable bonds is 5. The third-order valence-electron chi connectivity index (χ3n) is 5.78. The number of morpholine rings is 1. The molecule has 3 aromatic rings. The molecule has 4 rings (SSSR count). The number of aromatic nitrogens is 2. The van der Waals surface area contributed by atoms with Crippen LogP contribution in [0.2, 0.25) is 10.0 Å². The van der Waals surface area contributed by atoms with Crippen LogP contribution in [0.1, 0.15) is 42.4 Å². The molecule has 1 fully saturated rings. The summed E-state index contributed by atoms with van der Waals surface area (Å²) in [6.45, 7) is 9.14. The molecule has 10 heteroatoms. The predicted molar refractivity (Wildman–Crippen MR) is 154 cm³/mol. The summed E-state index contributed by atoms with van der Waals surface area (Å²) in [5, 5.41) is 18.9. The van der Waals surface area contributed by atoms with Crippen LogP contribution in [0.4, 0.5) is 0 Å². The highest BCUT2D eigenvalue weighted by Gasteiger charge is 2.27. The van der Waals surface area contributed by atoms with E-state index < -0.39 is 5.54 Å². The summed E-state index contributed by atoms with van der Waals surface area (Å²) >= 11 is 12.8. The van der Waals surface area contributed by atoms with Crippen LogP contribution < -0.4 is 5.32 Å². The van der Waals surface area contributed by atoms with Crippen LogP contribution in [0.25, 0.3) is 16.9 Å². The number of ether oxygens (including phenoxy) is 1. The molecule has 38 heavy (non-hydrogen) atoms. The first-order chi connectivity index (χ1) is 17.7. The summed E-state index contributed by atoms with van der Waals surface area (Å²) in [6, 6.07) is 12.6. The van der Waals surface area contributed by atoms with E-state index in [1.54, 1.807) is 22.9 Å². The third-order valence-corrected chi connectivity index (χ3v) is 6.33. The summed E-state index contributed by atoms with van der Waals surface area (Å²) in [7, 11) is 0. The van der Waals surface area contributed by atoms with Gasteiger partial charge in [0, 0.05) is 40.3 Å². The Kier molecular flexibility index (Phi) is 10.2. The number of halogens is 3. The first-order valence-corrected chi connectivity index (χ1v) is 12.8. The number of carbonyl (C=O) groups excluding carboxylic acids is 1. The van der Waals surface area contributed by atoms with Crippen LogP contribution in [0.5, 0.6) is 0 Å². The number of aliphatic hydroxyl groups excluding tert-OH is 1. The first-order valence-electron chi connectivity index (χ1n) is 12.1. The van der Waals surface area contributed by atoms with Gasteiger partial charge in [0.15, 0.2) is 5.69 Å². The van der Waals surface area contributed by atoms with Gasteiger partial charge >= 0.3 is 0 Å². The number of benzene rings is 2. The second-order valence-corrected chi connectivity index (χ2v) is 10.7. The van der Waals surface area contributed by atoms with E-state index in [4.69, 9.17) is 27.9 Å². The predicted octanol–water partition coefficient (Wildman–Crippen LogP) is 4.97. The highest BCUT2D eigenvalue weighted by atomic mass is 35.5. The maximum atomic E-state index is 13.1. The van der Waals surface area contributed by atoms with Crippen molar-refractivity contribution in [2.45, 2.75) is 32.9 Å². The Morgan fingerprint density at radius 3 is 2.42 bits per heavy atom. The summed E-state index contributed by atoms with van der Waals surface area (Å²) in [6.07, 6.45) is 0. The van der Waals surface area contributed by atoms with Crippen LogP contribution in [0, 0.1) is 11.8 Å². The minimum Gasteiger partial charge on any atom is -0.392 e. The number of amides is 1. The molecule has 0 aliphatic carbocycles. The molecule has 2 N–H and O–H groups in total. The lowest BCUT2D eigenvalue weighted by atomic mass is 10.0. The van der Waals surface area contributed by atoms with E-state index in [9.17, 15) is 9.90 Å². The Morgan fingerprint density at radius 2 is 1.82 bits per heavy atom. The molecule has 0 spiro atoms.